The van der Waals surface area contributed by atoms with Crippen LogP contribution in [0.5, 0.6) is 0 Å². The zero-order chi connectivity index (χ0) is 26.8. The molecule has 2 aromatic heterocycles. The summed E-state index contributed by atoms with van der Waals surface area (Å²) in [5.74, 6) is 1.88. The normalized spacial score (nSPS) is 22.7. The third-order valence-corrected chi connectivity index (χ3v) is 7.92. The van der Waals surface area contributed by atoms with Crippen LogP contribution in [0.3, 0.4) is 0 Å². The van der Waals surface area contributed by atoms with Gasteiger partial charge in [0.2, 0.25) is 5.95 Å². The third kappa shape index (κ3) is 5.62. The Labute approximate surface area is 230 Å². The van der Waals surface area contributed by atoms with Crippen LogP contribution in [0, 0.1) is 18.3 Å². The fourth-order valence-corrected chi connectivity index (χ4v) is 6.02. The number of hydrogen-bond donors (Lipinski definition) is 1. The average molecular weight is 528 g/mol. The molecule has 0 bridgehead atoms. The second-order valence-corrected chi connectivity index (χ2v) is 10.8. The first-order valence-electron chi connectivity index (χ1n) is 14.0. The number of aromatic nitrogens is 3. The van der Waals surface area contributed by atoms with Crippen molar-refractivity contribution in [3.05, 3.63) is 47.8 Å². The van der Waals surface area contributed by atoms with Gasteiger partial charge in [0.05, 0.1) is 23.3 Å². The summed E-state index contributed by atoms with van der Waals surface area (Å²) in [5, 5.41) is 14.0. The smallest absolute Gasteiger partial charge is 0.227 e. The van der Waals surface area contributed by atoms with E-state index in [1.54, 1.807) is 6.20 Å². The Kier molecular flexibility index (Phi) is 7.46. The van der Waals surface area contributed by atoms with Gasteiger partial charge in [0.15, 0.2) is 0 Å². The molecule has 204 valence electrons. The molecule has 0 spiro atoms. The van der Waals surface area contributed by atoms with E-state index in [0.29, 0.717) is 5.56 Å². The van der Waals surface area contributed by atoms with Crippen molar-refractivity contribution in [3.8, 4) is 6.07 Å². The molecule has 5 heterocycles. The van der Waals surface area contributed by atoms with Gasteiger partial charge in [-0.2, -0.15) is 10.2 Å². The number of piperazine rings is 2. The van der Waals surface area contributed by atoms with E-state index < -0.39 is 0 Å². The standard InChI is InChI=1S/C29H37N9O/c1-21-16-27(34-29(33-21)37-10-8-31-9-11-37)36-14-12-35(13-15-36)19-24-20-38(18-22(2)39-24)26-6-5-23(17-30)28-25(26)4-3-7-32-28/h3-7,16,22,24,31H,8-15,18-20H2,1-2H3/t22-,24+/m1/s1. The van der Waals surface area contributed by atoms with Crippen LogP contribution in [0.1, 0.15) is 18.2 Å². The largest absolute Gasteiger partial charge is 0.370 e. The van der Waals surface area contributed by atoms with Crippen molar-refractivity contribution < 1.29 is 4.74 Å². The summed E-state index contributed by atoms with van der Waals surface area (Å²) in [6, 6.07) is 12.4. The van der Waals surface area contributed by atoms with Crippen molar-refractivity contribution in [1.82, 2.24) is 25.2 Å². The van der Waals surface area contributed by atoms with Crippen LogP contribution in [-0.4, -0.2) is 104 Å². The summed E-state index contributed by atoms with van der Waals surface area (Å²) in [4.78, 5) is 23.8. The van der Waals surface area contributed by atoms with Crippen LogP contribution in [0.4, 0.5) is 17.5 Å². The van der Waals surface area contributed by atoms with Gasteiger partial charge in [0, 0.05) is 101 Å². The number of benzene rings is 1. The molecule has 0 amide bonds. The number of aryl methyl sites for hydroxylation is 1. The van der Waals surface area contributed by atoms with Gasteiger partial charge in [-0.15, -0.1) is 0 Å². The number of rotatable bonds is 5. The van der Waals surface area contributed by atoms with E-state index in [0.717, 1.165) is 106 Å². The molecule has 3 saturated heterocycles. The number of fused-ring (bicyclic) bond motifs is 1. The molecule has 0 aliphatic carbocycles. The minimum absolute atomic E-state index is 0.114. The molecular weight excluding hydrogens is 490 g/mol. The highest BCUT2D eigenvalue weighted by Crippen LogP contribution is 2.30. The van der Waals surface area contributed by atoms with Crippen LogP contribution in [0.15, 0.2) is 36.5 Å². The van der Waals surface area contributed by atoms with Crippen molar-refractivity contribution >= 4 is 28.4 Å². The number of hydrogen-bond acceptors (Lipinski definition) is 10. The zero-order valence-electron chi connectivity index (χ0n) is 22.9. The van der Waals surface area contributed by atoms with E-state index in [2.05, 4.69) is 68.0 Å². The van der Waals surface area contributed by atoms with Gasteiger partial charge in [0.1, 0.15) is 11.9 Å². The number of nitriles is 1. The quantitative estimate of drug-likeness (QED) is 0.531. The van der Waals surface area contributed by atoms with E-state index in [-0.39, 0.29) is 12.2 Å². The Morgan fingerprint density at radius 3 is 2.62 bits per heavy atom. The van der Waals surface area contributed by atoms with Gasteiger partial charge in [-0.1, -0.05) is 0 Å². The monoisotopic (exact) mass is 527 g/mol. The van der Waals surface area contributed by atoms with Crippen LogP contribution in [0.2, 0.25) is 0 Å². The van der Waals surface area contributed by atoms with E-state index in [1.165, 1.54) is 0 Å². The molecule has 10 heteroatoms. The summed E-state index contributed by atoms with van der Waals surface area (Å²) < 4.78 is 6.41. The average Bonchev–Trinajstić information content (AvgIpc) is 2.97. The van der Waals surface area contributed by atoms with E-state index in [9.17, 15) is 5.26 Å². The van der Waals surface area contributed by atoms with Crippen LogP contribution in [-0.2, 0) is 4.74 Å². The second kappa shape index (κ2) is 11.3. The Morgan fingerprint density at radius 2 is 1.82 bits per heavy atom. The molecule has 10 nitrogen and oxygen atoms in total. The Bertz CT molecular complexity index is 1340. The summed E-state index contributed by atoms with van der Waals surface area (Å²) in [7, 11) is 0. The Balaban J connectivity index is 1.10. The first kappa shape index (κ1) is 25.7. The molecule has 1 N–H and O–H groups in total. The molecule has 1 aromatic carbocycles. The zero-order valence-corrected chi connectivity index (χ0v) is 22.9. The van der Waals surface area contributed by atoms with E-state index in [1.807, 2.05) is 12.1 Å². The molecule has 0 unspecified atom stereocenters. The predicted octanol–water partition coefficient (Wildman–Crippen LogP) is 2.03. The number of anilines is 3. The van der Waals surface area contributed by atoms with Gasteiger partial charge >= 0.3 is 0 Å². The lowest BCUT2D eigenvalue weighted by Gasteiger charge is -2.42. The molecule has 0 radical (unpaired) electrons. The number of ether oxygens (including phenoxy) is 1. The topological polar surface area (TPSA) is 96.7 Å². The Morgan fingerprint density at radius 1 is 1.00 bits per heavy atom. The van der Waals surface area contributed by atoms with Gasteiger partial charge in [0.25, 0.3) is 0 Å². The number of pyridine rings is 1. The van der Waals surface area contributed by atoms with E-state index >= 15 is 0 Å². The molecule has 6 rings (SSSR count). The van der Waals surface area contributed by atoms with Crippen LogP contribution in [0.25, 0.3) is 10.9 Å². The Hall–Kier alpha value is -3.52. The van der Waals surface area contributed by atoms with Crippen LogP contribution < -0.4 is 20.0 Å². The molecule has 3 aliphatic heterocycles. The molecule has 3 aromatic rings. The summed E-state index contributed by atoms with van der Waals surface area (Å²) in [5.41, 5.74) is 3.53. The summed E-state index contributed by atoms with van der Waals surface area (Å²) >= 11 is 0. The fourth-order valence-electron chi connectivity index (χ4n) is 6.02. The van der Waals surface area contributed by atoms with Crippen LogP contribution >= 0.6 is 0 Å². The van der Waals surface area contributed by atoms with E-state index in [4.69, 9.17) is 14.7 Å². The summed E-state index contributed by atoms with van der Waals surface area (Å²) in [6.45, 7) is 14.4. The SMILES string of the molecule is Cc1cc(N2CCN(C[C@H]3CN(c4ccc(C#N)c5ncccc45)C[C@@H](C)O3)CC2)nc(N2CCNCC2)n1. The van der Waals surface area contributed by atoms with Gasteiger partial charge in [-0.25, -0.2) is 4.98 Å². The molecule has 3 fully saturated rings. The first-order chi connectivity index (χ1) is 19.1. The maximum Gasteiger partial charge on any atom is 0.227 e. The minimum atomic E-state index is 0.114. The molecule has 2 atom stereocenters. The maximum atomic E-state index is 9.54. The molecule has 0 saturated carbocycles. The van der Waals surface area contributed by atoms with Gasteiger partial charge in [-0.3, -0.25) is 9.88 Å². The number of nitrogens with one attached hydrogen (secondary N) is 1. The van der Waals surface area contributed by atoms with Crippen molar-refractivity contribution in [3.63, 3.8) is 0 Å². The number of morpholine rings is 1. The number of nitrogens with zero attached hydrogens (tertiary/aromatic N) is 8. The maximum absolute atomic E-state index is 9.54. The molecule has 39 heavy (non-hydrogen) atoms. The van der Waals surface area contributed by atoms with Crippen molar-refractivity contribution in [1.29, 1.82) is 5.26 Å². The second-order valence-electron chi connectivity index (χ2n) is 10.8. The fraction of sp³-hybridized carbons (Fsp3) is 0.517. The van der Waals surface area contributed by atoms with Gasteiger partial charge in [-0.05, 0) is 38.1 Å². The van der Waals surface area contributed by atoms with Crippen molar-refractivity contribution in [2.45, 2.75) is 26.1 Å². The lowest BCUT2D eigenvalue weighted by atomic mass is 10.1. The highest BCUT2D eigenvalue weighted by molar-refractivity contribution is 5.95. The minimum Gasteiger partial charge on any atom is -0.370 e. The first-order valence-corrected chi connectivity index (χ1v) is 14.0. The van der Waals surface area contributed by atoms with Crippen molar-refractivity contribution in [2.24, 2.45) is 0 Å². The third-order valence-electron chi connectivity index (χ3n) is 7.92. The predicted molar refractivity (Wildman–Crippen MR) is 154 cm³/mol. The molecular formula is C29H37N9O. The lowest BCUT2D eigenvalue weighted by Crippen LogP contribution is -2.54. The highest BCUT2D eigenvalue weighted by Gasteiger charge is 2.30. The lowest BCUT2D eigenvalue weighted by molar-refractivity contribution is -0.0327. The highest BCUT2D eigenvalue weighted by atomic mass is 16.5. The summed E-state index contributed by atoms with van der Waals surface area (Å²) in [6.07, 6.45) is 1.99. The van der Waals surface area contributed by atoms with Gasteiger partial charge < -0.3 is 24.8 Å². The molecule has 3 aliphatic rings. The van der Waals surface area contributed by atoms with Crippen molar-refractivity contribution in [2.75, 3.05) is 86.7 Å².